The van der Waals surface area contributed by atoms with E-state index in [1.807, 2.05) is 0 Å². The quantitative estimate of drug-likeness (QED) is 0.479. The number of hydrogen-bond acceptors (Lipinski definition) is 2. The van der Waals surface area contributed by atoms with Crippen molar-refractivity contribution in [3.05, 3.63) is 45.3 Å². The average Bonchev–Trinajstić information content (AvgIpc) is 2.28. The Labute approximate surface area is 91.1 Å². The molecular weight excluding hydrogens is 210 g/mol. The molecule has 0 atom stereocenters. The van der Waals surface area contributed by atoms with Crippen molar-refractivity contribution in [2.75, 3.05) is 0 Å². The van der Waals surface area contributed by atoms with Gasteiger partial charge < -0.3 is 5.11 Å². The van der Waals surface area contributed by atoms with E-state index in [-0.39, 0.29) is 11.1 Å². The van der Waals surface area contributed by atoms with Gasteiger partial charge in [0.15, 0.2) is 0 Å². The van der Waals surface area contributed by atoms with Gasteiger partial charge in [0, 0.05) is 10.5 Å². The molecule has 0 aliphatic rings. The fourth-order valence-electron chi connectivity index (χ4n) is 1.33. The van der Waals surface area contributed by atoms with Gasteiger partial charge in [-0.3, -0.25) is 4.79 Å². The predicted octanol–water partition coefficient (Wildman–Crippen LogP) is 2.40. The second-order valence-electron chi connectivity index (χ2n) is 3.03. The van der Waals surface area contributed by atoms with E-state index in [2.05, 4.69) is 10.0 Å². The summed E-state index contributed by atoms with van der Waals surface area (Å²) in [5.41, 5.74) is 8.99. The minimum Gasteiger partial charge on any atom is -0.478 e. The largest absolute Gasteiger partial charge is 0.478 e. The summed E-state index contributed by atoms with van der Waals surface area (Å²) in [5.74, 6) is -1.76. The van der Waals surface area contributed by atoms with Gasteiger partial charge in [-0.15, -0.1) is 0 Å². The number of hydrogen-bond donors (Lipinski definition) is 1. The minimum absolute atomic E-state index is 0.153. The van der Waals surface area contributed by atoms with E-state index in [1.165, 1.54) is 18.2 Å². The Kier molecular flexibility index (Phi) is 3.63. The lowest BCUT2D eigenvalue weighted by molar-refractivity contribution is 0.0695. The lowest BCUT2D eigenvalue weighted by Gasteiger charge is -2.04. The number of amides is 1. The Balaban J connectivity index is 3.23. The Bertz CT molecular complexity index is 490. The van der Waals surface area contributed by atoms with E-state index < -0.39 is 11.9 Å². The SMILES string of the molecule is CCc1cc(C(=O)N=[N+]=[N-])ccc1C(=O)O. The maximum Gasteiger partial charge on any atom is 0.335 e. The lowest BCUT2D eigenvalue weighted by Crippen LogP contribution is -2.04. The molecule has 0 fully saturated rings. The summed E-state index contributed by atoms with van der Waals surface area (Å²) in [6, 6.07) is 4.10. The summed E-state index contributed by atoms with van der Waals surface area (Å²) >= 11 is 0. The fraction of sp³-hybridized carbons (Fsp3) is 0.200. The van der Waals surface area contributed by atoms with Gasteiger partial charge in [-0.05, 0) is 34.8 Å². The molecule has 1 aromatic rings. The number of aromatic carboxylic acids is 1. The van der Waals surface area contributed by atoms with Crippen LogP contribution in [0.4, 0.5) is 0 Å². The van der Waals surface area contributed by atoms with Crippen LogP contribution in [0.1, 0.15) is 33.2 Å². The Hall–Kier alpha value is -2.33. The third kappa shape index (κ3) is 2.37. The molecule has 0 bridgehead atoms. The summed E-state index contributed by atoms with van der Waals surface area (Å²) in [4.78, 5) is 24.4. The fourth-order valence-corrected chi connectivity index (χ4v) is 1.33. The van der Waals surface area contributed by atoms with Crippen molar-refractivity contribution in [2.45, 2.75) is 13.3 Å². The van der Waals surface area contributed by atoms with Crippen LogP contribution in [0.15, 0.2) is 23.3 Å². The molecule has 0 saturated heterocycles. The molecule has 0 aromatic heterocycles. The molecular formula is C10H9N3O3. The zero-order valence-electron chi connectivity index (χ0n) is 8.54. The van der Waals surface area contributed by atoms with Crippen molar-refractivity contribution in [3.63, 3.8) is 0 Å². The normalized spacial score (nSPS) is 9.31. The van der Waals surface area contributed by atoms with Crippen molar-refractivity contribution in [1.29, 1.82) is 0 Å². The molecule has 0 unspecified atom stereocenters. The van der Waals surface area contributed by atoms with Crippen molar-refractivity contribution >= 4 is 11.9 Å². The first-order valence-electron chi connectivity index (χ1n) is 4.55. The van der Waals surface area contributed by atoms with Gasteiger partial charge in [-0.25, -0.2) is 4.79 Å². The van der Waals surface area contributed by atoms with Crippen molar-refractivity contribution < 1.29 is 14.7 Å². The Morgan fingerprint density at radius 3 is 2.69 bits per heavy atom. The van der Waals surface area contributed by atoms with Crippen LogP contribution in [0.5, 0.6) is 0 Å². The first-order valence-corrected chi connectivity index (χ1v) is 4.55. The van der Waals surface area contributed by atoms with E-state index in [0.29, 0.717) is 12.0 Å². The molecule has 0 aliphatic carbocycles. The molecule has 1 N–H and O–H groups in total. The van der Waals surface area contributed by atoms with E-state index in [9.17, 15) is 9.59 Å². The molecule has 16 heavy (non-hydrogen) atoms. The standard InChI is InChI=1S/C10H9N3O3/c1-2-6-5-7(9(14)12-13-11)3-4-8(6)10(15)16/h3-5H,2H2,1H3,(H,15,16). The van der Waals surface area contributed by atoms with Crippen LogP contribution in [-0.4, -0.2) is 17.0 Å². The van der Waals surface area contributed by atoms with E-state index in [0.717, 1.165) is 0 Å². The number of carboxylic acid groups (broad SMARTS) is 1. The van der Waals surface area contributed by atoms with Gasteiger partial charge in [0.2, 0.25) is 5.91 Å². The van der Waals surface area contributed by atoms with Crippen LogP contribution < -0.4 is 0 Å². The van der Waals surface area contributed by atoms with Crippen LogP contribution in [0.25, 0.3) is 10.4 Å². The molecule has 1 amide bonds. The van der Waals surface area contributed by atoms with Crippen LogP contribution in [0, 0.1) is 0 Å². The van der Waals surface area contributed by atoms with E-state index in [1.54, 1.807) is 6.92 Å². The molecule has 1 aromatic carbocycles. The molecule has 6 nitrogen and oxygen atoms in total. The second-order valence-corrected chi connectivity index (χ2v) is 3.03. The lowest BCUT2D eigenvalue weighted by atomic mass is 10.0. The highest BCUT2D eigenvalue weighted by Gasteiger charge is 2.11. The van der Waals surface area contributed by atoms with Gasteiger partial charge in [-0.2, -0.15) is 0 Å². The van der Waals surface area contributed by atoms with Gasteiger partial charge in [0.05, 0.1) is 5.56 Å². The van der Waals surface area contributed by atoms with Crippen LogP contribution in [-0.2, 0) is 6.42 Å². The van der Waals surface area contributed by atoms with Crippen LogP contribution in [0.2, 0.25) is 0 Å². The molecule has 0 spiro atoms. The van der Waals surface area contributed by atoms with Crippen molar-refractivity contribution in [3.8, 4) is 0 Å². The number of aryl methyl sites for hydroxylation is 1. The summed E-state index contributed by atoms with van der Waals surface area (Å²) in [5, 5.41) is 11.8. The summed E-state index contributed by atoms with van der Waals surface area (Å²) < 4.78 is 0. The van der Waals surface area contributed by atoms with Gasteiger partial charge in [-0.1, -0.05) is 13.0 Å². The molecule has 0 aliphatic heterocycles. The van der Waals surface area contributed by atoms with Gasteiger partial charge >= 0.3 is 5.97 Å². The van der Waals surface area contributed by atoms with Crippen LogP contribution in [0.3, 0.4) is 0 Å². The first-order chi connectivity index (χ1) is 7.60. The average molecular weight is 219 g/mol. The Morgan fingerprint density at radius 1 is 1.50 bits per heavy atom. The molecule has 1 rings (SSSR count). The number of rotatable bonds is 3. The van der Waals surface area contributed by atoms with Crippen molar-refractivity contribution in [1.82, 2.24) is 0 Å². The highest BCUT2D eigenvalue weighted by molar-refractivity contribution is 5.97. The first kappa shape index (κ1) is 11.7. The van der Waals surface area contributed by atoms with E-state index >= 15 is 0 Å². The monoisotopic (exact) mass is 219 g/mol. The van der Waals surface area contributed by atoms with Gasteiger partial charge in [0.25, 0.3) is 0 Å². The highest BCUT2D eigenvalue weighted by Crippen LogP contribution is 2.14. The summed E-state index contributed by atoms with van der Waals surface area (Å²) in [6.07, 6.45) is 0.485. The predicted molar refractivity (Wildman–Crippen MR) is 56.3 cm³/mol. The number of azide groups is 1. The molecule has 82 valence electrons. The maximum absolute atomic E-state index is 11.2. The zero-order valence-corrected chi connectivity index (χ0v) is 8.54. The zero-order chi connectivity index (χ0) is 12.1. The number of benzene rings is 1. The van der Waals surface area contributed by atoms with Crippen molar-refractivity contribution in [2.24, 2.45) is 5.11 Å². The number of carbonyl (C=O) groups is 2. The molecule has 0 radical (unpaired) electrons. The summed E-state index contributed by atoms with van der Waals surface area (Å²) in [7, 11) is 0. The van der Waals surface area contributed by atoms with Gasteiger partial charge in [0.1, 0.15) is 0 Å². The third-order valence-electron chi connectivity index (χ3n) is 2.10. The van der Waals surface area contributed by atoms with Crippen LogP contribution >= 0.6 is 0 Å². The molecule has 0 heterocycles. The Morgan fingerprint density at radius 2 is 2.19 bits per heavy atom. The topological polar surface area (TPSA) is 103 Å². The number of carboxylic acids is 1. The summed E-state index contributed by atoms with van der Waals surface area (Å²) in [6.45, 7) is 1.78. The minimum atomic E-state index is -1.04. The number of carbonyl (C=O) groups excluding carboxylic acids is 1. The highest BCUT2D eigenvalue weighted by atomic mass is 16.4. The number of nitrogens with zero attached hydrogens (tertiary/aromatic N) is 3. The third-order valence-corrected chi connectivity index (χ3v) is 2.10. The van der Waals surface area contributed by atoms with E-state index in [4.69, 9.17) is 10.6 Å². The smallest absolute Gasteiger partial charge is 0.335 e. The maximum atomic E-state index is 11.2. The second kappa shape index (κ2) is 4.95. The molecule has 6 heteroatoms. The molecule has 0 saturated carbocycles.